The number of hydrogen-bond acceptors (Lipinski definition) is 3. The molecule has 7 heteroatoms. The van der Waals surface area contributed by atoms with Crippen LogP contribution in [0.5, 0.6) is 0 Å². The van der Waals surface area contributed by atoms with E-state index in [9.17, 15) is 13.6 Å². The summed E-state index contributed by atoms with van der Waals surface area (Å²) >= 11 is 0. The molecule has 5 nitrogen and oxygen atoms in total. The van der Waals surface area contributed by atoms with Crippen LogP contribution in [0.25, 0.3) is 5.65 Å². The van der Waals surface area contributed by atoms with E-state index in [1.807, 2.05) is 24.0 Å². The molecular formula is C22H22F2N4O. The van der Waals surface area contributed by atoms with Crippen molar-refractivity contribution in [3.63, 3.8) is 0 Å². The van der Waals surface area contributed by atoms with Gasteiger partial charge in [-0.1, -0.05) is 29.8 Å². The van der Waals surface area contributed by atoms with Gasteiger partial charge in [0.1, 0.15) is 11.3 Å². The SMILES string of the molecule is Cc1ccc(C2CCCN2C(=O)c2cnn3c(C(F)F)cc(C4CC4)nc23)cc1. The van der Waals surface area contributed by atoms with E-state index in [0.29, 0.717) is 17.8 Å². The molecule has 1 aliphatic carbocycles. The van der Waals surface area contributed by atoms with Gasteiger partial charge in [0.15, 0.2) is 5.65 Å². The van der Waals surface area contributed by atoms with Crippen molar-refractivity contribution >= 4 is 11.6 Å². The third-order valence-electron chi connectivity index (χ3n) is 5.94. The maximum Gasteiger partial charge on any atom is 0.280 e. The lowest BCUT2D eigenvalue weighted by Gasteiger charge is -2.25. The largest absolute Gasteiger partial charge is 0.331 e. The molecule has 1 atom stereocenters. The molecule has 1 aromatic carbocycles. The molecular weight excluding hydrogens is 374 g/mol. The van der Waals surface area contributed by atoms with Crippen LogP contribution in [0.1, 0.15) is 76.9 Å². The standard InChI is InChI=1S/C22H22F2N4O/c1-13-4-6-15(7-5-13)18-3-2-10-27(18)22(29)16-12-25-28-19(20(23)24)11-17(14-8-9-14)26-21(16)28/h4-7,11-12,14,18,20H,2-3,8-10H2,1H3. The molecule has 29 heavy (non-hydrogen) atoms. The molecule has 2 aliphatic rings. The molecule has 0 N–H and O–H groups in total. The van der Waals surface area contributed by atoms with Crippen LogP contribution in [-0.4, -0.2) is 31.9 Å². The van der Waals surface area contributed by atoms with Crippen molar-refractivity contribution in [3.8, 4) is 0 Å². The van der Waals surface area contributed by atoms with Crippen molar-refractivity contribution < 1.29 is 13.6 Å². The smallest absolute Gasteiger partial charge is 0.280 e. The van der Waals surface area contributed by atoms with E-state index in [-0.39, 0.29) is 29.2 Å². The van der Waals surface area contributed by atoms with E-state index in [2.05, 4.69) is 22.2 Å². The highest BCUT2D eigenvalue weighted by atomic mass is 19.3. The van der Waals surface area contributed by atoms with Gasteiger partial charge >= 0.3 is 0 Å². The summed E-state index contributed by atoms with van der Waals surface area (Å²) in [5.41, 5.74) is 3.24. The van der Waals surface area contributed by atoms with E-state index < -0.39 is 6.43 Å². The number of amides is 1. The van der Waals surface area contributed by atoms with Crippen LogP contribution in [0, 0.1) is 6.92 Å². The highest BCUT2D eigenvalue weighted by Gasteiger charge is 2.34. The van der Waals surface area contributed by atoms with Crippen molar-refractivity contribution in [3.05, 3.63) is 64.6 Å². The van der Waals surface area contributed by atoms with E-state index in [0.717, 1.165) is 35.8 Å². The van der Waals surface area contributed by atoms with Crippen LogP contribution in [0.2, 0.25) is 0 Å². The van der Waals surface area contributed by atoms with Crippen LogP contribution >= 0.6 is 0 Å². The Morgan fingerprint density at radius 3 is 2.62 bits per heavy atom. The lowest BCUT2D eigenvalue weighted by atomic mass is 10.0. The monoisotopic (exact) mass is 396 g/mol. The normalized spacial score (nSPS) is 19.4. The fraction of sp³-hybridized carbons (Fsp3) is 0.409. The number of likely N-dealkylation sites (tertiary alicyclic amines) is 1. The summed E-state index contributed by atoms with van der Waals surface area (Å²) in [7, 11) is 0. The molecule has 2 aromatic heterocycles. The van der Waals surface area contributed by atoms with Gasteiger partial charge in [0.25, 0.3) is 12.3 Å². The third-order valence-corrected chi connectivity index (χ3v) is 5.94. The van der Waals surface area contributed by atoms with Crippen molar-refractivity contribution in [2.75, 3.05) is 6.54 Å². The molecule has 1 unspecified atom stereocenters. The molecule has 1 saturated heterocycles. The predicted molar refractivity (Wildman–Crippen MR) is 104 cm³/mol. The lowest BCUT2D eigenvalue weighted by molar-refractivity contribution is 0.0737. The Labute approximate surface area is 167 Å². The van der Waals surface area contributed by atoms with Crippen molar-refractivity contribution in [2.45, 2.75) is 51.0 Å². The summed E-state index contributed by atoms with van der Waals surface area (Å²) in [6, 6.07) is 9.62. The Bertz CT molecular complexity index is 1070. The number of aromatic nitrogens is 3. The number of fused-ring (bicyclic) bond motifs is 1. The summed E-state index contributed by atoms with van der Waals surface area (Å²) in [5, 5.41) is 4.09. The second-order valence-electron chi connectivity index (χ2n) is 8.04. The molecule has 150 valence electrons. The summed E-state index contributed by atoms with van der Waals surface area (Å²) in [5.74, 6) is 0.0196. The van der Waals surface area contributed by atoms with Gasteiger partial charge in [0.2, 0.25) is 0 Å². The van der Waals surface area contributed by atoms with Gasteiger partial charge in [-0.2, -0.15) is 5.10 Å². The highest BCUT2D eigenvalue weighted by molar-refractivity contribution is 6.00. The zero-order valence-electron chi connectivity index (χ0n) is 16.2. The second-order valence-corrected chi connectivity index (χ2v) is 8.04. The number of aryl methyl sites for hydroxylation is 1. The van der Waals surface area contributed by atoms with Crippen LogP contribution < -0.4 is 0 Å². The van der Waals surface area contributed by atoms with Crippen LogP contribution in [0.4, 0.5) is 8.78 Å². The van der Waals surface area contributed by atoms with Crippen molar-refractivity contribution in [2.24, 2.45) is 0 Å². The van der Waals surface area contributed by atoms with Gasteiger partial charge in [-0.3, -0.25) is 4.79 Å². The van der Waals surface area contributed by atoms with Gasteiger partial charge in [-0.25, -0.2) is 18.3 Å². The minimum Gasteiger partial charge on any atom is -0.331 e. The average molecular weight is 396 g/mol. The summed E-state index contributed by atoms with van der Waals surface area (Å²) < 4.78 is 28.3. The third kappa shape index (κ3) is 3.18. The summed E-state index contributed by atoms with van der Waals surface area (Å²) in [6.45, 7) is 2.67. The maximum atomic E-state index is 13.6. The second kappa shape index (κ2) is 6.90. The van der Waals surface area contributed by atoms with Gasteiger partial charge < -0.3 is 4.90 Å². The van der Waals surface area contributed by atoms with Crippen LogP contribution in [0.3, 0.4) is 0 Å². The molecule has 1 aliphatic heterocycles. The first-order valence-electron chi connectivity index (χ1n) is 10.1. The maximum absolute atomic E-state index is 13.6. The number of nitrogens with zero attached hydrogens (tertiary/aromatic N) is 4. The zero-order valence-corrected chi connectivity index (χ0v) is 16.2. The van der Waals surface area contributed by atoms with Crippen LogP contribution in [0.15, 0.2) is 36.5 Å². The Morgan fingerprint density at radius 2 is 1.93 bits per heavy atom. The Kier molecular flexibility index (Phi) is 4.33. The quantitative estimate of drug-likeness (QED) is 0.635. The first-order chi connectivity index (χ1) is 14.0. The van der Waals surface area contributed by atoms with E-state index in [1.165, 1.54) is 17.8 Å². The first-order valence-corrected chi connectivity index (χ1v) is 10.1. The number of carbonyl (C=O) groups is 1. The first kappa shape index (κ1) is 18.2. The molecule has 3 heterocycles. The fourth-order valence-corrected chi connectivity index (χ4v) is 4.20. The summed E-state index contributed by atoms with van der Waals surface area (Å²) in [4.78, 5) is 19.8. The predicted octanol–water partition coefficient (Wildman–Crippen LogP) is 4.83. The molecule has 1 amide bonds. The highest BCUT2D eigenvalue weighted by Crippen LogP contribution is 2.40. The molecule has 0 spiro atoms. The fourth-order valence-electron chi connectivity index (χ4n) is 4.20. The van der Waals surface area contributed by atoms with Crippen molar-refractivity contribution in [1.29, 1.82) is 0 Å². The van der Waals surface area contributed by atoms with Gasteiger partial charge in [-0.05, 0) is 44.2 Å². The molecule has 1 saturated carbocycles. The van der Waals surface area contributed by atoms with Gasteiger partial charge in [-0.15, -0.1) is 0 Å². The van der Waals surface area contributed by atoms with E-state index >= 15 is 0 Å². The Balaban J connectivity index is 1.54. The Morgan fingerprint density at radius 1 is 1.17 bits per heavy atom. The molecule has 0 bridgehead atoms. The minimum atomic E-state index is -2.67. The topological polar surface area (TPSA) is 50.5 Å². The summed E-state index contributed by atoms with van der Waals surface area (Å²) in [6.07, 6.45) is 2.41. The molecule has 2 fully saturated rings. The molecule has 3 aromatic rings. The van der Waals surface area contributed by atoms with E-state index in [1.54, 1.807) is 0 Å². The Hall–Kier alpha value is -2.83. The van der Waals surface area contributed by atoms with Gasteiger partial charge in [0, 0.05) is 18.2 Å². The number of benzene rings is 1. The van der Waals surface area contributed by atoms with E-state index in [4.69, 9.17) is 0 Å². The van der Waals surface area contributed by atoms with Crippen molar-refractivity contribution in [1.82, 2.24) is 19.5 Å². The van der Waals surface area contributed by atoms with Crippen LogP contribution in [-0.2, 0) is 0 Å². The number of hydrogen-bond donors (Lipinski definition) is 0. The number of halogens is 2. The number of rotatable bonds is 4. The van der Waals surface area contributed by atoms with Gasteiger partial charge in [0.05, 0.1) is 12.2 Å². The zero-order chi connectivity index (χ0) is 20.1. The number of carbonyl (C=O) groups excluding carboxylic acids is 1. The average Bonchev–Trinajstić information content (AvgIpc) is 3.29. The minimum absolute atomic E-state index is 0.0146. The lowest BCUT2D eigenvalue weighted by Crippen LogP contribution is -2.30. The number of alkyl halides is 2. The molecule has 0 radical (unpaired) electrons. The molecule has 5 rings (SSSR count).